The molecule has 71 heavy (non-hydrogen) atoms. The van der Waals surface area contributed by atoms with Crippen LogP contribution < -0.4 is 4.90 Å². The standard InChI is InChI=1S/C69H46N2/c1-5-22-50(23-6-1)69(51-24-7-2-8-25-51)63-35-19-17-33-58(63)62-45-54(42-44-64(62)69)71-66-46-61(57-32-15-16-34-59(57)67(66)60-43-41-47-21-13-14-31-56(47)68(60)71)49-39-37-48(38-40-49)55-30-18-20-36-65(55)70(52-26-9-3-10-27-52)53-28-11-4-12-29-53/h1-46H. The van der Waals surface area contributed by atoms with Gasteiger partial charge in [-0.1, -0.05) is 231 Å². The minimum atomic E-state index is -0.474. The van der Waals surface area contributed by atoms with E-state index in [1.165, 1.54) is 93.4 Å². The molecular weight excluding hydrogens is 857 g/mol. The summed E-state index contributed by atoms with van der Waals surface area (Å²) in [6.45, 7) is 0. The van der Waals surface area contributed by atoms with Crippen molar-refractivity contribution in [2.45, 2.75) is 5.41 Å². The van der Waals surface area contributed by atoms with Gasteiger partial charge in [-0.15, -0.1) is 0 Å². The Bertz CT molecular complexity index is 4060. The lowest BCUT2D eigenvalue weighted by Crippen LogP contribution is -2.28. The van der Waals surface area contributed by atoms with Crippen molar-refractivity contribution in [1.82, 2.24) is 4.57 Å². The van der Waals surface area contributed by atoms with E-state index in [-0.39, 0.29) is 0 Å². The fourth-order valence-corrected chi connectivity index (χ4v) is 12.0. The first kappa shape index (κ1) is 40.8. The Morgan fingerprint density at radius 3 is 1.52 bits per heavy atom. The number of hydrogen-bond donors (Lipinski definition) is 0. The van der Waals surface area contributed by atoms with Crippen LogP contribution in [-0.4, -0.2) is 4.57 Å². The highest BCUT2D eigenvalue weighted by atomic mass is 15.1. The lowest BCUT2D eigenvalue weighted by molar-refractivity contribution is 0.768. The second-order valence-corrected chi connectivity index (χ2v) is 18.7. The highest BCUT2D eigenvalue weighted by molar-refractivity contribution is 6.28. The number of rotatable bonds is 8. The highest BCUT2D eigenvalue weighted by Crippen LogP contribution is 2.57. The highest BCUT2D eigenvalue weighted by Gasteiger charge is 2.46. The van der Waals surface area contributed by atoms with E-state index < -0.39 is 5.41 Å². The topological polar surface area (TPSA) is 8.17 Å². The van der Waals surface area contributed by atoms with Crippen molar-refractivity contribution in [3.05, 3.63) is 301 Å². The zero-order chi connectivity index (χ0) is 46.9. The van der Waals surface area contributed by atoms with Gasteiger partial charge in [-0.05, 0) is 115 Å². The first-order valence-electron chi connectivity index (χ1n) is 24.6. The molecule has 332 valence electrons. The van der Waals surface area contributed by atoms with Crippen LogP contribution in [-0.2, 0) is 5.41 Å². The summed E-state index contributed by atoms with van der Waals surface area (Å²) in [4.78, 5) is 2.36. The van der Waals surface area contributed by atoms with Crippen molar-refractivity contribution in [2.24, 2.45) is 0 Å². The quantitative estimate of drug-likeness (QED) is 0.147. The molecule has 0 unspecified atom stereocenters. The van der Waals surface area contributed by atoms with E-state index in [0.717, 1.165) is 28.3 Å². The predicted molar refractivity (Wildman–Crippen MR) is 299 cm³/mol. The Kier molecular flexibility index (Phi) is 9.47. The first-order chi connectivity index (χ1) is 35.3. The van der Waals surface area contributed by atoms with Gasteiger partial charge in [0.15, 0.2) is 0 Å². The molecule has 14 rings (SSSR count). The fourth-order valence-electron chi connectivity index (χ4n) is 12.0. The minimum Gasteiger partial charge on any atom is -0.310 e. The zero-order valence-corrected chi connectivity index (χ0v) is 39.0. The zero-order valence-electron chi connectivity index (χ0n) is 39.0. The Labute approximate surface area is 413 Å². The van der Waals surface area contributed by atoms with Crippen LogP contribution in [0.2, 0.25) is 0 Å². The summed E-state index contributed by atoms with van der Waals surface area (Å²) in [5.41, 5.74) is 18.8. The molecule has 2 heteroatoms. The van der Waals surface area contributed by atoms with Gasteiger partial charge in [0, 0.05) is 38.8 Å². The Hall–Kier alpha value is -9.24. The molecule has 0 N–H and O–H groups in total. The maximum Gasteiger partial charge on any atom is 0.0713 e. The molecule has 0 bridgehead atoms. The summed E-state index contributed by atoms with van der Waals surface area (Å²) in [6.07, 6.45) is 0. The van der Waals surface area contributed by atoms with Gasteiger partial charge >= 0.3 is 0 Å². The van der Waals surface area contributed by atoms with Crippen LogP contribution in [0.3, 0.4) is 0 Å². The molecular formula is C69H46N2. The number of hydrogen-bond acceptors (Lipinski definition) is 1. The molecule has 13 aromatic rings. The Morgan fingerprint density at radius 2 is 0.845 bits per heavy atom. The molecule has 1 aliphatic rings. The summed E-state index contributed by atoms with van der Waals surface area (Å²) >= 11 is 0. The van der Waals surface area contributed by atoms with E-state index in [4.69, 9.17) is 0 Å². The summed E-state index contributed by atoms with van der Waals surface area (Å²) in [7, 11) is 0. The average molecular weight is 903 g/mol. The minimum absolute atomic E-state index is 0.474. The van der Waals surface area contributed by atoms with Crippen LogP contribution in [0.15, 0.2) is 279 Å². The van der Waals surface area contributed by atoms with Gasteiger partial charge in [0.25, 0.3) is 0 Å². The van der Waals surface area contributed by atoms with Crippen molar-refractivity contribution in [1.29, 1.82) is 0 Å². The van der Waals surface area contributed by atoms with Crippen LogP contribution in [0.5, 0.6) is 0 Å². The largest absolute Gasteiger partial charge is 0.310 e. The Balaban J connectivity index is 0.989. The summed E-state index contributed by atoms with van der Waals surface area (Å²) in [5, 5.41) is 7.45. The van der Waals surface area contributed by atoms with Crippen LogP contribution >= 0.6 is 0 Å². The lowest BCUT2D eigenvalue weighted by atomic mass is 9.68. The third-order valence-corrected chi connectivity index (χ3v) is 15.0. The van der Waals surface area contributed by atoms with Gasteiger partial charge in [-0.3, -0.25) is 0 Å². The fraction of sp³-hybridized carbons (Fsp3) is 0.0145. The molecule has 0 atom stereocenters. The molecule has 0 aliphatic heterocycles. The second kappa shape index (κ2) is 16.5. The van der Waals surface area contributed by atoms with Crippen molar-refractivity contribution >= 4 is 60.4 Å². The number of aromatic nitrogens is 1. The molecule has 0 spiro atoms. The van der Waals surface area contributed by atoms with Crippen LogP contribution in [0.4, 0.5) is 17.1 Å². The predicted octanol–water partition coefficient (Wildman–Crippen LogP) is 18.3. The second-order valence-electron chi connectivity index (χ2n) is 18.7. The van der Waals surface area contributed by atoms with E-state index in [1.54, 1.807) is 0 Å². The van der Waals surface area contributed by atoms with E-state index in [9.17, 15) is 0 Å². The monoisotopic (exact) mass is 902 g/mol. The molecule has 0 radical (unpaired) electrons. The van der Waals surface area contributed by atoms with E-state index >= 15 is 0 Å². The maximum atomic E-state index is 2.56. The SMILES string of the molecule is c1ccc(N(c2ccccc2)c2ccccc2-c2ccc(-c3cc4c(c5ccccc35)c3ccc5ccccc5c3n4-c3ccc4c(c3)-c3ccccc3C4(c3ccccc3)c3ccccc3)cc2)cc1. The van der Waals surface area contributed by atoms with Crippen LogP contribution in [0, 0.1) is 0 Å². The molecule has 0 saturated carbocycles. The van der Waals surface area contributed by atoms with E-state index in [2.05, 4.69) is 289 Å². The number of nitrogens with zero attached hydrogens (tertiary/aromatic N) is 2. The summed E-state index contributed by atoms with van der Waals surface area (Å²) < 4.78 is 2.56. The van der Waals surface area contributed by atoms with Gasteiger partial charge in [-0.2, -0.15) is 0 Å². The van der Waals surface area contributed by atoms with Gasteiger partial charge in [0.1, 0.15) is 0 Å². The number of fused-ring (bicyclic) bond motifs is 10. The molecule has 1 aromatic heterocycles. The van der Waals surface area contributed by atoms with Crippen molar-refractivity contribution < 1.29 is 0 Å². The smallest absolute Gasteiger partial charge is 0.0713 e. The molecule has 0 saturated heterocycles. The van der Waals surface area contributed by atoms with Gasteiger partial charge in [0.2, 0.25) is 0 Å². The van der Waals surface area contributed by atoms with Gasteiger partial charge < -0.3 is 9.47 Å². The lowest BCUT2D eigenvalue weighted by Gasteiger charge is -2.33. The van der Waals surface area contributed by atoms with Gasteiger partial charge in [-0.25, -0.2) is 0 Å². The molecule has 2 nitrogen and oxygen atoms in total. The summed E-state index contributed by atoms with van der Waals surface area (Å²) in [6, 6.07) is 103. The van der Waals surface area contributed by atoms with Crippen LogP contribution in [0.1, 0.15) is 22.3 Å². The molecule has 12 aromatic carbocycles. The summed E-state index contributed by atoms with van der Waals surface area (Å²) in [5.74, 6) is 0. The van der Waals surface area contributed by atoms with Gasteiger partial charge in [0.05, 0.1) is 22.1 Å². The Morgan fingerprint density at radius 1 is 0.324 bits per heavy atom. The van der Waals surface area contributed by atoms with E-state index in [1.807, 2.05) is 0 Å². The van der Waals surface area contributed by atoms with Crippen molar-refractivity contribution in [3.8, 4) is 39.1 Å². The molecule has 0 amide bonds. The van der Waals surface area contributed by atoms with E-state index in [0.29, 0.717) is 0 Å². The molecule has 1 heterocycles. The molecule has 1 aliphatic carbocycles. The maximum absolute atomic E-state index is 2.56. The van der Waals surface area contributed by atoms with Crippen molar-refractivity contribution in [2.75, 3.05) is 4.90 Å². The third kappa shape index (κ3) is 6.28. The number of para-hydroxylation sites is 3. The number of benzene rings is 12. The first-order valence-corrected chi connectivity index (χ1v) is 24.6. The van der Waals surface area contributed by atoms with Crippen LogP contribution in [0.25, 0.3) is 82.4 Å². The average Bonchev–Trinajstić information content (AvgIpc) is 3.96. The normalized spacial score (nSPS) is 12.6. The van der Waals surface area contributed by atoms with Crippen molar-refractivity contribution in [3.63, 3.8) is 0 Å². The molecule has 0 fully saturated rings. The number of anilines is 3. The third-order valence-electron chi connectivity index (χ3n) is 15.0.